The summed E-state index contributed by atoms with van der Waals surface area (Å²) in [6.45, 7) is 2.01. The molecule has 0 atom stereocenters. The quantitative estimate of drug-likeness (QED) is 0.753. The number of carbonyl (C=O) groups excluding carboxylic acids is 1. The van der Waals surface area contributed by atoms with Crippen LogP contribution in [0.1, 0.15) is 15.2 Å². The van der Waals surface area contributed by atoms with E-state index in [0.717, 1.165) is 15.6 Å². The van der Waals surface area contributed by atoms with Gasteiger partial charge in [-0.25, -0.2) is 4.79 Å². The number of carbonyl (C=O) groups is 1. The highest BCUT2D eigenvalue weighted by Crippen LogP contribution is 2.34. The van der Waals surface area contributed by atoms with Crippen LogP contribution in [0.15, 0.2) is 18.2 Å². The molecule has 2 N–H and O–H groups in total. The fourth-order valence-electron chi connectivity index (χ4n) is 1.47. The van der Waals surface area contributed by atoms with Gasteiger partial charge in [0.1, 0.15) is 4.88 Å². The molecule has 0 saturated heterocycles. The molecule has 1 aromatic heterocycles. The first-order valence-corrected chi connectivity index (χ1v) is 5.32. The lowest BCUT2D eigenvalue weighted by atomic mass is 10.2. The van der Waals surface area contributed by atoms with Crippen LogP contribution in [0.25, 0.3) is 10.1 Å². The number of fused-ring (bicyclic) bond motifs is 1. The van der Waals surface area contributed by atoms with Crippen molar-refractivity contribution < 1.29 is 9.53 Å². The summed E-state index contributed by atoms with van der Waals surface area (Å²) in [5.74, 6) is -0.369. The van der Waals surface area contributed by atoms with Crippen LogP contribution in [0, 0.1) is 6.92 Å². The first kappa shape index (κ1) is 9.98. The third-order valence-corrected chi connectivity index (χ3v) is 3.40. The van der Waals surface area contributed by atoms with Crippen molar-refractivity contribution in [3.63, 3.8) is 0 Å². The van der Waals surface area contributed by atoms with Crippen molar-refractivity contribution in [1.29, 1.82) is 0 Å². The van der Waals surface area contributed by atoms with E-state index in [9.17, 15) is 4.79 Å². The molecule has 15 heavy (non-hydrogen) atoms. The Hall–Kier alpha value is -1.55. The normalized spacial score (nSPS) is 10.5. The molecular weight excluding hydrogens is 210 g/mol. The Balaban J connectivity index is 2.69. The van der Waals surface area contributed by atoms with Gasteiger partial charge in [0.05, 0.1) is 12.8 Å². The van der Waals surface area contributed by atoms with Gasteiger partial charge in [0, 0.05) is 10.1 Å². The summed E-state index contributed by atoms with van der Waals surface area (Å²) in [6, 6.07) is 5.93. The standard InChI is InChI=1S/C11H11NO2S/c1-6-3-4-7-8(5-6)15-10(9(7)12)11(13)14-2/h3-5H,12H2,1-2H3. The minimum absolute atomic E-state index is 0.369. The topological polar surface area (TPSA) is 52.3 Å². The number of rotatable bonds is 1. The number of esters is 1. The summed E-state index contributed by atoms with van der Waals surface area (Å²) in [5, 5.41) is 0.922. The van der Waals surface area contributed by atoms with Crippen LogP contribution in [0.4, 0.5) is 5.69 Å². The fraction of sp³-hybridized carbons (Fsp3) is 0.182. The monoisotopic (exact) mass is 221 g/mol. The van der Waals surface area contributed by atoms with Gasteiger partial charge in [0.25, 0.3) is 0 Å². The van der Waals surface area contributed by atoms with Gasteiger partial charge >= 0.3 is 5.97 Å². The maximum atomic E-state index is 11.4. The zero-order valence-corrected chi connectivity index (χ0v) is 9.35. The SMILES string of the molecule is COC(=O)c1sc2cc(C)ccc2c1N. The zero-order valence-electron chi connectivity index (χ0n) is 8.53. The Kier molecular flexibility index (Phi) is 2.36. The number of benzene rings is 1. The smallest absolute Gasteiger partial charge is 0.350 e. The first-order valence-electron chi connectivity index (χ1n) is 4.50. The van der Waals surface area contributed by atoms with Gasteiger partial charge in [-0.2, -0.15) is 0 Å². The summed E-state index contributed by atoms with van der Waals surface area (Å²) in [6.07, 6.45) is 0. The van der Waals surface area contributed by atoms with E-state index in [4.69, 9.17) is 5.73 Å². The highest BCUT2D eigenvalue weighted by atomic mass is 32.1. The molecule has 0 radical (unpaired) electrons. The van der Waals surface area contributed by atoms with Gasteiger partial charge in [0.2, 0.25) is 0 Å². The zero-order chi connectivity index (χ0) is 11.0. The molecule has 0 bridgehead atoms. The molecule has 1 aromatic carbocycles. The summed E-state index contributed by atoms with van der Waals surface area (Å²) in [5.41, 5.74) is 7.54. The molecule has 2 aromatic rings. The predicted octanol–water partition coefficient (Wildman–Crippen LogP) is 2.58. The van der Waals surface area contributed by atoms with Gasteiger partial charge < -0.3 is 10.5 Å². The molecule has 0 amide bonds. The molecular formula is C11H11NO2S. The lowest BCUT2D eigenvalue weighted by molar-refractivity contribution is 0.0607. The summed E-state index contributed by atoms with van der Waals surface area (Å²) < 4.78 is 5.69. The molecule has 78 valence electrons. The number of ether oxygens (including phenoxy) is 1. The van der Waals surface area contributed by atoms with Gasteiger partial charge in [-0.1, -0.05) is 12.1 Å². The predicted molar refractivity (Wildman–Crippen MR) is 62.3 cm³/mol. The second-order valence-corrected chi connectivity index (χ2v) is 4.39. The maximum absolute atomic E-state index is 11.4. The van der Waals surface area contributed by atoms with Crippen LogP contribution in [0.5, 0.6) is 0 Å². The van der Waals surface area contributed by atoms with E-state index in [1.54, 1.807) is 0 Å². The van der Waals surface area contributed by atoms with Crippen molar-refractivity contribution in [2.45, 2.75) is 6.92 Å². The number of thiophene rings is 1. The van der Waals surface area contributed by atoms with Gasteiger partial charge in [-0.3, -0.25) is 0 Å². The van der Waals surface area contributed by atoms with E-state index in [0.29, 0.717) is 10.6 Å². The molecule has 1 heterocycles. The van der Waals surface area contributed by atoms with E-state index >= 15 is 0 Å². The molecule has 4 heteroatoms. The highest BCUT2D eigenvalue weighted by molar-refractivity contribution is 7.21. The second kappa shape index (κ2) is 3.55. The average molecular weight is 221 g/mol. The van der Waals surface area contributed by atoms with Crippen LogP contribution >= 0.6 is 11.3 Å². The summed E-state index contributed by atoms with van der Waals surface area (Å²) >= 11 is 1.37. The van der Waals surface area contributed by atoms with Crippen LogP contribution in [0.3, 0.4) is 0 Å². The maximum Gasteiger partial charge on any atom is 0.350 e. The van der Waals surface area contributed by atoms with Crippen LogP contribution in [0.2, 0.25) is 0 Å². The molecule has 3 nitrogen and oxygen atoms in total. The molecule has 2 rings (SSSR count). The molecule has 0 aliphatic rings. The van der Waals surface area contributed by atoms with Crippen molar-refractivity contribution in [2.75, 3.05) is 12.8 Å². The summed E-state index contributed by atoms with van der Waals surface area (Å²) in [7, 11) is 1.36. The van der Waals surface area contributed by atoms with Gasteiger partial charge in [-0.05, 0) is 18.6 Å². The number of aryl methyl sites for hydroxylation is 1. The Labute approximate surface area is 91.5 Å². The van der Waals surface area contributed by atoms with E-state index < -0.39 is 0 Å². The molecule has 0 fully saturated rings. The van der Waals surface area contributed by atoms with E-state index in [2.05, 4.69) is 4.74 Å². The minimum Gasteiger partial charge on any atom is -0.465 e. The van der Waals surface area contributed by atoms with Crippen molar-refractivity contribution in [3.8, 4) is 0 Å². The van der Waals surface area contributed by atoms with Gasteiger partial charge in [-0.15, -0.1) is 11.3 Å². The summed E-state index contributed by atoms with van der Waals surface area (Å²) in [4.78, 5) is 11.9. The minimum atomic E-state index is -0.369. The van der Waals surface area contributed by atoms with E-state index in [1.807, 2.05) is 25.1 Å². The van der Waals surface area contributed by atoms with Crippen LogP contribution in [-0.4, -0.2) is 13.1 Å². The Morgan fingerprint density at radius 2 is 2.20 bits per heavy atom. The lowest BCUT2D eigenvalue weighted by Gasteiger charge is -1.95. The Morgan fingerprint density at radius 3 is 2.87 bits per heavy atom. The van der Waals surface area contributed by atoms with Crippen molar-refractivity contribution in [3.05, 3.63) is 28.6 Å². The molecule has 0 unspecified atom stereocenters. The third-order valence-electron chi connectivity index (χ3n) is 2.25. The van der Waals surface area contributed by atoms with Crippen LogP contribution < -0.4 is 5.73 Å². The molecule has 0 saturated carbocycles. The van der Waals surface area contributed by atoms with Crippen molar-refractivity contribution in [2.24, 2.45) is 0 Å². The van der Waals surface area contributed by atoms with Gasteiger partial charge in [0.15, 0.2) is 0 Å². The molecule has 0 aliphatic heterocycles. The Morgan fingerprint density at radius 1 is 1.47 bits per heavy atom. The molecule has 0 spiro atoms. The molecule has 0 aliphatic carbocycles. The number of methoxy groups -OCH3 is 1. The van der Waals surface area contributed by atoms with Crippen molar-refractivity contribution >= 4 is 33.1 Å². The van der Waals surface area contributed by atoms with Crippen LogP contribution in [-0.2, 0) is 4.74 Å². The lowest BCUT2D eigenvalue weighted by Crippen LogP contribution is -2.01. The third kappa shape index (κ3) is 1.57. The number of anilines is 1. The average Bonchev–Trinajstić information content (AvgIpc) is 2.54. The number of hydrogen-bond acceptors (Lipinski definition) is 4. The highest BCUT2D eigenvalue weighted by Gasteiger charge is 2.16. The number of nitrogen functional groups attached to an aromatic ring is 1. The largest absolute Gasteiger partial charge is 0.465 e. The number of nitrogens with two attached hydrogens (primary N) is 1. The number of hydrogen-bond donors (Lipinski definition) is 1. The second-order valence-electron chi connectivity index (χ2n) is 3.34. The van der Waals surface area contributed by atoms with E-state index in [-0.39, 0.29) is 5.97 Å². The first-order chi connectivity index (χ1) is 7.13. The van der Waals surface area contributed by atoms with E-state index in [1.165, 1.54) is 18.4 Å². The Bertz CT molecular complexity index is 531. The van der Waals surface area contributed by atoms with Crippen molar-refractivity contribution in [1.82, 2.24) is 0 Å². The fourth-order valence-corrected chi connectivity index (χ4v) is 2.61.